The van der Waals surface area contributed by atoms with Crippen molar-refractivity contribution in [3.8, 4) is 0 Å². The van der Waals surface area contributed by atoms with Crippen molar-refractivity contribution >= 4 is 5.69 Å². The minimum absolute atomic E-state index is 0.527. The highest BCUT2D eigenvalue weighted by molar-refractivity contribution is 5.45. The van der Waals surface area contributed by atoms with E-state index in [1.54, 1.807) is 18.5 Å². The Morgan fingerprint density at radius 2 is 2.23 bits per heavy atom. The summed E-state index contributed by atoms with van der Waals surface area (Å²) in [5.41, 5.74) is 1.24. The molecule has 1 heterocycles. The van der Waals surface area contributed by atoms with E-state index in [0.29, 0.717) is 6.54 Å². The molecule has 0 atom stereocenters. The number of hydrogen-bond acceptors (Lipinski definition) is 3. The van der Waals surface area contributed by atoms with Crippen molar-refractivity contribution in [1.29, 1.82) is 0 Å². The van der Waals surface area contributed by atoms with Crippen molar-refractivity contribution in [1.82, 2.24) is 9.78 Å². The van der Waals surface area contributed by atoms with Crippen molar-refractivity contribution in [2.45, 2.75) is 26.4 Å². The Morgan fingerprint density at radius 3 is 2.62 bits per heavy atom. The monoisotopic (exact) mass is 183 g/mol. The van der Waals surface area contributed by atoms with E-state index >= 15 is 0 Å². The Bertz CT molecular complexity index is 286. The van der Waals surface area contributed by atoms with Crippen LogP contribution in [0.3, 0.4) is 0 Å². The molecule has 1 rings (SSSR count). The summed E-state index contributed by atoms with van der Waals surface area (Å²) in [6.45, 7) is 6.00. The summed E-state index contributed by atoms with van der Waals surface area (Å²) in [6, 6.07) is 0. The molecule has 0 aliphatic rings. The maximum absolute atomic E-state index is 9.49. The zero-order valence-corrected chi connectivity index (χ0v) is 8.63. The molecule has 0 fully saturated rings. The van der Waals surface area contributed by atoms with Crippen molar-refractivity contribution < 1.29 is 5.11 Å². The standard InChI is InChI=1S/C9H17N3O/c1-7-8(5-12(4)11-7)10-6-9(2,3)13/h5,10,13H,6H2,1-4H3. The largest absolute Gasteiger partial charge is 0.389 e. The fourth-order valence-corrected chi connectivity index (χ4v) is 1.08. The predicted octanol–water partition coefficient (Wildman–Crippen LogP) is 0.911. The zero-order chi connectivity index (χ0) is 10.1. The Labute approximate surface area is 78.6 Å². The van der Waals surface area contributed by atoms with Crippen LogP contribution in [0.4, 0.5) is 5.69 Å². The number of aliphatic hydroxyl groups is 1. The second-order valence-electron chi connectivity index (χ2n) is 3.97. The Hall–Kier alpha value is -1.03. The summed E-state index contributed by atoms with van der Waals surface area (Å²) in [5.74, 6) is 0. The van der Waals surface area contributed by atoms with Gasteiger partial charge in [0.1, 0.15) is 0 Å². The Morgan fingerprint density at radius 1 is 1.62 bits per heavy atom. The van der Waals surface area contributed by atoms with Crippen LogP contribution in [-0.4, -0.2) is 27.0 Å². The van der Waals surface area contributed by atoms with Crippen LogP contribution in [0.1, 0.15) is 19.5 Å². The smallest absolute Gasteiger partial charge is 0.0824 e. The maximum atomic E-state index is 9.49. The van der Waals surface area contributed by atoms with Crippen LogP contribution in [0, 0.1) is 6.92 Å². The van der Waals surface area contributed by atoms with Crippen molar-refractivity contribution in [2.24, 2.45) is 7.05 Å². The molecule has 2 N–H and O–H groups in total. The first kappa shape index (κ1) is 10.1. The number of anilines is 1. The number of aryl methyl sites for hydroxylation is 2. The lowest BCUT2D eigenvalue weighted by molar-refractivity contribution is 0.0945. The van der Waals surface area contributed by atoms with Crippen molar-refractivity contribution in [3.05, 3.63) is 11.9 Å². The van der Waals surface area contributed by atoms with Gasteiger partial charge in [0.25, 0.3) is 0 Å². The van der Waals surface area contributed by atoms with E-state index < -0.39 is 5.60 Å². The number of hydrogen-bond donors (Lipinski definition) is 2. The predicted molar refractivity (Wildman–Crippen MR) is 52.7 cm³/mol. The van der Waals surface area contributed by atoms with Gasteiger partial charge in [-0.1, -0.05) is 0 Å². The molecule has 74 valence electrons. The first-order valence-electron chi connectivity index (χ1n) is 4.35. The molecular formula is C9H17N3O. The molecule has 13 heavy (non-hydrogen) atoms. The molecule has 4 nitrogen and oxygen atoms in total. The van der Waals surface area contributed by atoms with Crippen LogP contribution in [0.25, 0.3) is 0 Å². The third-order valence-electron chi connectivity index (χ3n) is 1.72. The number of aromatic nitrogens is 2. The number of rotatable bonds is 3. The van der Waals surface area contributed by atoms with Gasteiger partial charge in [0.2, 0.25) is 0 Å². The fourth-order valence-electron chi connectivity index (χ4n) is 1.08. The fraction of sp³-hybridized carbons (Fsp3) is 0.667. The Kier molecular flexibility index (Phi) is 2.61. The summed E-state index contributed by atoms with van der Waals surface area (Å²) < 4.78 is 1.75. The van der Waals surface area contributed by atoms with E-state index in [9.17, 15) is 5.11 Å². The molecule has 0 aliphatic heterocycles. The van der Waals surface area contributed by atoms with Crippen LogP contribution < -0.4 is 5.32 Å². The average molecular weight is 183 g/mol. The zero-order valence-electron chi connectivity index (χ0n) is 8.63. The summed E-state index contributed by atoms with van der Waals surface area (Å²) in [6.07, 6.45) is 1.90. The van der Waals surface area contributed by atoms with Gasteiger partial charge in [-0.2, -0.15) is 5.10 Å². The lowest BCUT2D eigenvalue weighted by Gasteiger charge is -2.17. The van der Waals surface area contributed by atoms with Gasteiger partial charge in [-0.3, -0.25) is 4.68 Å². The number of nitrogens with one attached hydrogen (secondary N) is 1. The molecule has 1 aromatic heterocycles. The third-order valence-corrected chi connectivity index (χ3v) is 1.72. The van der Waals surface area contributed by atoms with Gasteiger partial charge in [0, 0.05) is 19.8 Å². The molecule has 0 saturated carbocycles. The quantitative estimate of drug-likeness (QED) is 0.732. The van der Waals surface area contributed by atoms with E-state index in [0.717, 1.165) is 11.4 Å². The summed E-state index contributed by atoms with van der Waals surface area (Å²) >= 11 is 0. The van der Waals surface area contributed by atoms with E-state index in [1.165, 1.54) is 0 Å². The van der Waals surface area contributed by atoms with E-state index in [-0.39, 0.29) is 0 Å². The second kappa shape index (κ2) is 3.38. The maximum Gasteiger partial charge on any atom is 0.0824 e. The second-order valence-corrected chi connectivity index (χ2v) is 3.97. The highest BCUT2D eigenvalue weighted by Gasteiger charge is 2.12. The molecule has 0 bridgehead atoms. The molecule has 0 radical (unpaired) electrons. The normalized spacial score (nSPS) is 11.8. The third kappa shape index (κ3) is 3.06. The van der Waals surface area contributed by atoms with Gasteiger partial charge in [-0.25, -0.2) is 0 Å². The topological polar surface area (TPSA) is 50.1 Å². The summed E-state index contributed by atoms with van der Waals surface area (Å²) in [5, 5.41) is 16.8. The minimum atomic E-state index is -0.692. The summed E-state index contributed by atoms with van der Waals surface area (Å²) in [4.78, 5) is 0. The Balaban J connectivity index is 2.59. The van der Waals surface area contributed by atoms with Crippen LogP contribution in [0.2, 0.25) is 0 Å². The van der Waals surface area contributed by atoms with Gasteiger partial charge in [-0.15, -0.1) is 0 Å². The SMILES string of the molecule is Cc1nn(C)cc1NCC(C)(C)O. The van der Waals surface area contributed by atoms with Gasteiger partial charge in [-0.05, 0) is 20.8 Å². The molecule has 0 aromatic carbocycles. The van der Waals surface area contributed by atoms with Gasteiger partial charge < -0.3 is 10.4 Å². The molecular weight excluding hydrogens is 166 g/mol. The molecule has 0 spiro atoms. The lowest BCUT2D eigenvalue weighted by atomic mass is 10.1. The molecule has 0 unspecified atom stereocenters. The molecule has 0 aliphatic carbocycles. The van der Waals surface area contributed by atoms with Crippen molar-refractivity contribution in [2.75, 3.05) is 11.9 Å². The van der Waals surface area contributed by atoms with Gasteiger partial charge in [0.05, 0.1) is 17.0 Å². The van der Waals surface area contributed by atoms with Gasteiger partial charge >= 0.3 is 0 Å². The van der Waals surface area contributed by atoms with Crippen molar-refractivity contribution in [3.63, 3.8) is 0 Å². The first-order chi connectivity index (χ1) is 5.88. The van der Waals surface area contributed by atoms with Crippen LogP contribution in [0.15, 0.2) is 6.20 Å². The van der Waals surface area contributed by atoms with E-state index in [1.807, 2.05) is 20.2 Å². The van der Waals surface area contributed by atoms with E-state index in [2.05, 4.69) is 10.4 Å². The highest BCUT2D eigenvalue weighted by atomic mass is 16.3. The van der Waals surface area contributed by atoms with Gasteiger partial charge in [0.15, 0.2) is 0 Å². The lowest BCUT2D eigenvalue weighted by Crippen LogP contribution is -2.29. The summed E-state index contributed by atoms with van der Waals surface area (Å²) in [7, 11) is 1.88. The highest BCUT2D eigenvalue weighted by Crippen LogP contribution is 2.12. The molecule has 0 amide bonds. The van der Waals surface area contributed by atoms with Crippen LogP contribution in [-0.2, 0) is 7.05 Å². The molecule has 1 aromatic rings. The van der Waals surface area contributed by atoms with E-state index in [4.69, 9.17) is 0 Å². The molecule has 4 heteroatoms. The first-order valence-corrected chi connectivity index (χ1v) is 4.35. The van der Waals surface area contributed by atoms with Crippen LogP contribution in [0.5, 0.6) is 0 Å². The molecule has 0 saturated heterocycles. The minimum Gasteiger partial charge on any atom is -0.389 e. The average Bonchev–Trinajstić information content (AvgIpc) is 2.24. The number of nitrogens with zero attached hydrogens (tertiary/aromatic N) is 2. The van der Waals surface area contributed by atoms with Crippen LogP contribution >= 0.6 is 0 Å².